The molecule has 3 N–H and O–H groups in total. The van der Waals surface area contributed by atoms with Crippen LogP contribution in [-0.2, 0) is 19.4 Å². The average Bonchev–Trinajstić information content (AvgIpc) is 2.51. The molecule has 0 heterocycles. The number of aliphatic carboxylic acids is 1. The lowest BCUT2D eigenvalue weighted by atomic mass is 9.81. The lowest BCUT2D eigenvalue weighted by Gasteiger charge is -2.22. The predicted molar refractivity (Wildman–Crippen MR) is 83.5 cm³/mol. The molecular formula is C14H12F3NO9S. The Morgan fingerprint density at radius 3 is 2.00 bits per heavy atom. The first-order valence-corrected chi connectivity index (χ1v) is 8.52. The summed E-state index contributed by atoms with van der Waals surface area (Å²) in [5, 5.41) is 38.9. The SMILES string of the molecule is CC(=O)C(C(=O)O)C(C(=C(O)O)[N+](=O)[O-])c1ccccc1S(=O)(=O)C(F)(F)F. The Morgan fingerprint density at radius 1 is 1.14 bits per heavy atom. The summed E-state index contributed by atoms with van der Waals surface area (Å²) in [6, 6.07) is 2.77. The Hall–Kier alpha value is -3.16. The zero-order valence-corrected chi connectivity index (χ0v) is 14.6. The van der Waals surface area contributed by atoms with Crippen LogP contribution in [0.5, 0.6) is 0 Å². The fourth-order valence-electron chi connectivity index (χ4n) is 2.48. The van der Waals surface area contributed by atoms with Crippen molar-refractivity contribution in [1.82, 2.24) is 0 Å². The lowest BCUT2D eigenvalue weighted by molar-refractivity contribution is -0.436. The van der Waals surface area contributed by atoms with Crippen molar-refractivity contribution >= 4 is 21.6 Å². The van der Waals surface area contributed by atoms with Crippen LogP contribution >= 0.6 is 0 Å². The molecular weight excluding hydrogens is 415 g/mol. The van der Waals surface area contributed by atoms with Crippen LogP contribution < -0.4 is 0 Å². The molecule has 10 nitrogen and oxygen atoms in total. The highest BCUT2D eigenvalue weighted by atomic mass is 32.2. The molecule has 2 atom stereocenters. The van der Waals surface area contributed by atoms with E-state index in [2.05, 4.69) is 0 Å². The van der Waals surface area contributed by atoms with Gasteiger partial charge in [0.15, 0.2) is 0 Å². The van der Waals surface area contributed by atoms with E-state index in [1.165, 1.54) is 0 Å². The first-order valence-electron chi connectivity index (χ1n) is 7.04. The van der Waals surface area contributed by atoms with Crippen molar-refractivity contribution < 1.29 is 51.4 Å². The molecule has 154 valence electrons. The number of carbonyl (C=O) groups is 2. The van der Waals surface area contributed by atoms with Crippen molar-refractivity contribution in [2.24, 2.45) is 5.92 Å². The molecule has 0 saturated carbocycles. The number of hydrogen-bond donors (Lipinski definition) is 3. The number of nitro groups is 1. The van der Waals surface area contributed by atoms with Crippen molar-refractivity contribution in [3.8, 4) is 0 Å². The number of Topliss-reactive ketones (excluding diaryl/α,β-unsaturated/α-hetero) is 1. The predicted octanol–water partition coefficient (Wildman–Crippen LogP) is 1.92. The summed E-state index contributed by atoms with van der Waals surface area (Å²) in [7, 11) is -6.13. The number of alkyl halides is 3. The molecule has 0 amide bonds. The number of nitrogens with zero attached hydrogens (tertiary/aromatic N) is 1. The van der Waals surface area contributed by atoms with Gasteiger partial charge in [-0.05, 0) is 18.6 Å². The smallest absolute Gasteiger partial charge is 0.481 e. The quantitative estimate of drug-likeness (QED) is 0.254. The van der Waals surface area contributed by atoms with Crippen molar-refractivity contribution in [2.45, 2.75) is 23.2 Å². The molecule has 1 rings (SSSR count). The van der Waals surface area contributed by atoms with Crippen molar-refractivity contribution in [2.75, 3.05) is 0 Å². The fourth-order valence-corrected chi connectivity index (χ4v) is 3.49. The van der Waals surface area contributed by atoms with E-state index in [1.807, 2.05) is 0 Å². The third-order valence-electron chi connectivity index (χ3n) is 3.61. The number of halogens is 3. The van der Waals surface area contributed by atoms with Crippen LogP contribution in [0.4, 0.5) is 13.2 Å². The summed E-state index contributed by atoms with van der Waals surface area (Å²) in [4.78, 5) is 31.3. The molecule has 1 aromatic rings. The molecule has 0 spiro atoms. The van der Waals surface area contributed by atoms with Crippen LogP contribution in [0.15, 0.2) is 40.8 Å². The molecule has 0 radical (unpaired) electrons. The molecule has 0 bridgehead atoms. The van der Waals surface area contributed by atoms with Gasteiger partial charge in [0.1, 0.15) is 17.6 Å². The number of carboxylic acid groups (broad SMARTS) is 1. The number of carboxylic acids is 1. The minimum atomic E-state index is -6.13. The highest BCUT2D eigenvalue weighted by molar-refractivity contribution is 7.92. The normalized spacial score (nSPS) is 14.0. The van der Waals surface area contributed by atoms with E-state index in [1.54, 1.807) is 0 Å². The minimum absolute atomic E-state index is 0.399. The monoisotopic (exact) mass is 427 g/mol. The maximum atomic E-state index is 13.0. The number of hydrogen-bond acceptors (Lipinski definition) is 8. The van der Waals surface area contributed by atoms with E-state index in [0.29, 0.717) is 19.1 Å². The largest absolute Gasteiger partial charge is 0.501 e. The van der Waals surface area contributed by atoms with Crippen molar-refractivity contribution in [1.29, 1.82) is 0 Å². The van der Waals surface area contributed by atoms with E-state index >= 15 is 0 Å². The molecule has 2 unspecified atom stereocenters. The van der Waals surface area contributed by atoms with Gasteiger partial charge in [0.25, 0.3) is 9.84 Å². The van der Waals surface area contributed by atoms with E-state index in [-0.39, 0.29) is 0 Å². The van der Waals surface area contributed by atoms with Crippen molar-refractivity contribution in [3.05, 3.63) is 51.6 Å². The Kier molecular flexibility index (Phi) is 6.40. The van der Waals surface area contributed by atoms with Gasteiger partial charge in [-0.3, -0.25) is 19.7 Å². The summed E-state index contributed by atoms with van der Waals surface area (Å²) >= 11 is 0. The van der Waals surface area contributed by atoms with Gasteiger partial charge in [-0.2, -0.15) is 13.2 Å². The second-order valence-electron chi connectivity index (χ2n) is 5.36. The number of carbonyl (C=O) groups excluding carboxylic acids is 1. The van der Waals surface area contributed by atoms with E-state index < -0.39 is 66.0 Å². The lowest BCUT2D eigenvalue weighted by Crippen LogP contribution is -2.34. The molecule has 0 aliphatic rings. The molecule has 0 saturated heterocycles. The number of allylic oxidation sites excluding steroid dienone is 1. The molecule has 1 aromatic carbocycles. The maximum Gasteiger partial charge on any atom is 0.501 e. The zero-order chi connectivity index (χ0) is 22.0. The number of aliphatic hydroxyl groups is 2. The van der Waals surface area contributed by atoms with Crippen LogP contribution in [0.25, 0.3) is 0 Å². The molecule has 0 aliphatic heterocycles. The highest BCUT2D eigenvalue weighted by Crippen LogP contribution is 2.41. The van der Waals surface area contributed by atoms with E-state index in [0.717, 1.165) is 12.1 Å². The van der Waals surface area contributed by atoms with Gasteiger partial charge in [-0.1, -0.05) is 18.2 Å². The van der Waals surface area contributed by atoms with E-state index in [4.69, 9.17) is 0 Å². The van der Waals surface area contributed by atoms with Crippen LogP contribution in [-0.4, -0.2) is 45.9 Å². The first kappa shape index (κ1) is 22.9. The number of rotatable bonds is 7. The molecule has 28 heavy (non-hydrogen) atoms. The average molecular weight is 427 g/mol. The molecule has 0 fully saturated rings. The number of benzene rings is 1. The Bertz CT molecular complexity index is 935. The van der Waals surface area contributed by atoms with Crippen LogP contribution in [0.1, 0.15) is 18.4 Å². The molecule has 14 heteroatoms. The van der Waals surface area contributed by atoms with Gasteiger partial charge >= 0.3 is 23.1 Å². The first-order chi connectivity index (χ1) is 12.6. The second-order valence-corrected chi connectivity index (χ2v) is 7.27. The third-order valence-corrected chi connectivity index (χ3v) is 5.17. The highest BCUT2D eigenvalue weighted by Gasteiger charge is 2.51. The Morgan fingerprint density at radius 2 is 1.64 bits per heavy atom. The number of ketones is 1. The summed E-state index contributed by atoms with van der Waals surface area (Å²) in [6.45, 7) is 0.638. The van der Waals surface area contributed by atoms with Crippen molar-refractivity contribution in [3.63, 3.8) is 0 Å². The Balaban J connectivity index is 4.06. The Labute approximate surface area is 154 Å². The van der Waals surface area contributed by atoms with Crippen LogP contribution in [0.2, 0.25) is 0 Å². The summed E-state index contributed by atoms with van der Waals surface area (Å²) in [6.07, 6.45) is 0. The van der Waals surface area contributed by atoms with Gasteiger partial charge in [0, 0.05) is 0 Å². The van der Waals surface area contributed by atoms with Gasteiger partial charge in [0.05, 0.1) is 9.82 Å². The van der Waals surface area contributed by atoms with Crippen LogP contribution in [0.3, 0.4) is 0 Å². The number of aliphatic hydroxyl groups excluding tert-OH is 1. The van der Waals surface area contributed by atoms with E-state index in [9.17, 15) is 56.6 Å². The van der Waals surface area contributed by atoms with Gasteiger partial charge < -0.3 is 15.3 Å². The standard InChI is InChI=1S/C14H12F3NO9S/c1-6(19)9(12(20)21)10(11(13(22)23)18(24)25)7-4-2-3-5-8(7)28(26,27)14(15,16)17/h2-5,9-10,22-23H,1H3,(H,20,21). The van der Waals surface area contributed by atoms with Gasteiger partial charge in [-0.25, -0.2) is 8.42 Å². The second kappa shape index (κ2) is 7.84. The summed E-state index contributed by atoms with van der Waals surface area (Å²) < 4.78 is 62.6. The topological polar surface area (TPSA) is 172 Å². The van der Waals surface area contributed by atoms with Gasteiger partial charge in [-0.15, -0.1) is 0 Å². The minimum Gasteiger partial charge on any atom is -0.481 e. The maximum absolute atomic E-state index is 13.0. The molecule has 0 aromatic heterocycles. The summed E-state index contributed by atoms with van der Waals surface area (Å²) in [5.74, 6) is -10.5. The number of sulfone groups is 1. The van der Waals surface area contributed by atoms with Gasteiger partial charge in [0.2, 0.25) is 0 Å². The summed E-state index contributed by atoms with van der Waals surface area (Å²) in [5.41, 5.74) is -8.73. The zero-order valence-electron chi connectivity index (χ0n) is 13.7. The fraction of sp³-hybridized carbons (Fsp3) is 0.286. The van der Waals surface area contributed by atoms with Crippen LogP contribution in [0, 0.1) is 16.0 Å². The third kappa shape index (κ3) is 4.21. The molecule has 0 aliphatic carbocycles.